The summed E-state index contributed by atoms with van der Waals surface area (Å²) < 4.78 is 32.7. The Morgan fingerprint density at radius 1 is 1.19 bits per heavy atom. The van der Waals surface area contributed by atoms with E-state index in [1.165, 1.54) is 17.0 Å². The van der Waals surface area contributed by atoms with Crippen LogP contribution in [0.5, 0.6) is 5.75 Å². The minimum Gasteiger partial charge on any atom is -0.493 e. The fraction of sp³-hybridized carbons (Fsp3) is 0.409. The molecule has 0 radical (unpaired) electrons. The molecule has 164 valence electrons. The van der Waals surface area contributed by atoms with Crippen LogP contribution in [0.2, 0.25) is 0 Å². The Morgan fingerprint density at radius 2 is 2.03 bits per heavy atom. The number of halogens is 1. The summed E-state index contributed by atoms with van der Waals surface area (Å²) in [5.74, 6) is 0.407. The van der Waals surface area contributed by atoms with Gasteiger partial charge in [0.05, 0.1) is 26.0 Å². The van der Waals surface area contributed by atoms with Crippen LogP contribution >= 0.6 is 0 Å². The van der Waals surface area contributed by atoms with E-state index in [4.69, 9.17) is 14.2 Å². The zero-order chi connectivity index (χ0) is 22.0. The second-order valence-electron chi connectivity index (χ2n) is 8.23. The molecule has 4 bridgehead atoms. The smallest absolute Gasteiger partial charge is 0.416 e. The van der Waals surface area contributed by atoms with E-state index in [1.807, 2.05) is 20.8 Å². The van der Waals surface area contributed by atoms with Crippen LogP contribution in [0.25, 0.3) is 16.8 Å². The van der Waals surface area contributed by atoms with Gasteiger partial charge in [-0.05, 0) is 44.5 Å². The summed E-state index contributed by atoms with van der Waals surface area (Å²) in [4.78, 5) is 19.0. The van der Waals surface area contributed by atoms with Crippen molar-refractivity contribution in [3.63, 3.8) is 0 Å². The van der Waals surface area contributed by atoms with Crippen molar-refractivity contribution < 1.29 is 23.4 Å². The molecule has 2 aromatic heterocycles. The molecule has 1 amide bonds. The van der Waals surface area contributed by atoms with E-state index in [9.17, 15) is 9.18 Å². The van der Waals surface area contributed by atoms with E-state index in [-0.39, 0.29) is 6.54 Å². The molecule has 0 aliphatic carbocycles. The molecule has 8 nitrogen and oxygen atoms in total. The lowest BCUT2D eigenvalue weighted by Crippen LogP contribution is -2.39. The average molecular weight is 428 g/mol. The van der Waals surface area contributed by atoms with Gasteiger partial charge in [0.2, 0.25) is 0 Å². The number of carbonyl (C=O) groups is 1. The van der Waals surface area contributed by atoms with E-state index in [0.29, 0.717) is 54.6 Å². The van der Waals surface area contributed by atoms with E-state index >= 15 is 0 Å². The number of amides is 1. The van der Waals surface area contributed by atoms with Gasteiger partial charge >= 0.3 is 6.09 Å². The maximum absolute atomic E-state index is 14.3. The van der Waals surface area contributed by atoms with Crippen LogP contribution in [0.4, 0.5) is 15.0 Å². The number of hydrogen-bond acceptors (Lipinski definition) is 6. The first-order valence-electron chi connectivity index (χ1n) is 10.2. The van der Waals surface area contributed by atoms with Crippen LogP contribution in [0.1, 0.15) is 27.2 Å². The van der Waals surface area contributed by atoms with Gasteiger partial charge < -0.3 is 14.2 Å². The molecule has 4 rings (SSSR count). The highest BCUT2D eigenvalue weighted by atomic mass is 19.1. The molecule has 0 unspecified atom stereocenters. The molecule has 0 N–H and O–H groups in total. The van der Waals surface area contributed by atoms with Crippen molar-refractivity contribution >= 4 is 17.6 Å². The Labute approximate surface area is 179 Å². The van der Waals surface area contributed by atoms with Gasteiger partial charge in [-0.15, -0.1) is 0 Å². The Kier molecular flexibility index (Phi) is 5.77. The summed E-state index contributed by atoms with van der Waals surface area (Å²) in [6.45, 7) is 6.83. The lowest BCUT2D eigenvalue weighted by atomic mass is 10.1. The van der Waals surface area contributed by atoms with Gasteiger partial charge in [-0.3, -0.25) is 4.90 Å². The van der Waals surface area contributed by atoms with Crippen LogP contribution in [0.15, 0.2) is 36.7 Å². The topological polar surface area (TPSA) is 78.2 Å². The molecule has 3 heterocycles. The van der Waals surface area contributed by atoms with Crippen LogP contribution in [0, 0.1) is 5.82 Å². The first kappa shape index (κ1) is 21.0. The number of fused-ring (bicyclic) bond motifs is 4. The van der Waals surface area contributed by atoms with Gasteiger partial charge in [-0.2, -0.15) is 5.10 Å². The molecule has 1 aliphatic heterocycles. The first-order valence-corrected chi connectivity index (χ1v) is 10.2. The second-order valence-corrected chi connectivity index (χ2v) is 8.23. The highest BCUT2D eigenvalue weighted by Gasteiger charge is 2.25. The maximum Gasteiger partial charge on any atom is 0.416 e. The highest BCUT2D eigenvalue weighted by molar-refractivity contribution is 5.88. The molecule has 0 saturated heterocycles. The summed E-state index contributed by atoms with van der Waals surface area (Å²) in [6, 6.07) is 6.19. The number of hydrogen-bond donors (Lipinski definition) is 0. The van der Waals surface area contributed by atoms with Crippen molar-refractivity contribution in [1.82, 2.24) is 14.6 Å². The quantitative estimate of drug-likeness (QED) is 0.537. The molecule has 0 fully saturated rings. The molecule has 1 aliphatic rings. The maximum atomic E-state index is 14.3. The highest BCUT2D eigenvalue weighted by Crippen LogP contribution is 2.29. The van der Waals surface area contributed by atoms with Crippen LogP contribution < -0.4 is 9.64 Å². The van der Waals surface area contributed by atoms with Gasteiger partial charge in [0.25, 0.3) is 0 Å². The molecule has 0 saturated carbocycles. The van der Waals surface area contributed by atoms with Crippen molar-refractivity contribution in [1.29, 1.82) is 0 Å². The van der Waals surface area contributed by atoms with Gasteiger partial charge in [0.1, 0.15) is 23.0 Å². The standard InChI is InChI=1S/C22H25FN4O4/c1-22(2,3)31-21(28)26-7-10-29-8-4-9-30-17-12-15(11-16(23)13-17)18-14-24-27-6-5-19(26)25-20(18)27/h5-6,11-14H,4,7-10H2,1-3H3. The average Bonchev–Trinajstić information content (AvgIpc) is 3.11. The third-order valence-electron chi connectivity index (χ3n) is 4.59. The van der Waals surface area contributed by atoms with Crippen molar-refractivity contribution in [3.8, 4) is 16.9 Å². The summed E-state index contributed by atoms with van der Waals surface area (Å²) >= 11 is 0. The monoisotopic (exact) mass is 428 g/mol. The van der Waals surface area contributed by atoms with Crippen molar-refractivity contribution in [2.75, 3.05) is 31.3 Å². The predicted octanol–water partition coefficient (Wildman–Crippen LogP) is 4.08. The number of carbonyl (C=O) groups excluding carboxylic acids is 1. The lowest BCUT2D eigenvalue weighted by molar-refractivity contribution is 0.0556. The summed E-state index contributed by atoms with van der Waals surface area (Å²) in [6.07, 6.45) is 3.43. The number of ether oxygens (including phenoxy) is 3. The molecule has 0 spiro atoms. The van der Waals surface area contributed by atoms with Crippen LogP contribution in [0.3, 0.4) is 0 Å². The Morgan fingerprint density at radius 3 is 2.84 bits per heavy atom. The first-order chi connectivity index (χ1) is 14.8. The minimum absolute atomic E-state index is 0.269. The van der Waals surface area contributed by atoms with E-state index in [0.717, 1.165) is 0 Å². The predicted molar refractivity (Wildman–Crippen MR) is 113 cm³/mol. The number of nitrogens with zero attached hydrogens (tertiary/aromatic N) is 4. The molecule has 3 aromatic rings. The summed E-state index contributed by atoms with van der Waals surface area (Å²) in [5.41, 5.74) is 1.04. The molecule has 0 atom stereocenters. The fourth-order valence-electron chi connectivity index (χ4n) is 3.24. The van der Waals surface area contributed by atoms with Gasteiger partial charge in [-0.25, -0.2) is 18.7 Å². The summed E-state index contributed by atoms with van der Waals surface area (Å²) in [5, 5.41) is 4.31. The van der Waals surface area contributed by atoms with E-state index < -0.39 is 17.5 Å². The normalized spacial score (nSPS) is 15.3. The second kappa shape index (κ2) is 8.50. The lowest BCUT2D eigenvalue weighted by Gasteiger charge is -2.26. The number of rotatable bonds is 0. The van der Waals surface area contributed by atoms with Gasteiger partial charge in [0.15, 0.2) is 5.65 Å². The molecular weight excluding hydrogens is 403 g/mol. The van der Waals surface area contributed by atoms with Crippen LogP contribution in [-0.4, -0.2) is 52.7 Å². The van der Waals surface area contributed by atoms with Crippen molar-refractivity contribution in [3.05, 3.63) is 42.5 Å². The minimum atomic E-state index is -0.657. The van der Waals surface area contributed by atoms with E-state index in [1.54, 1.807) is 29.0 Å². The third-order valence-corrected chi connectivity index (χ3v) is 4.59. The SMILES string of the molecule is CC(C)(C)OC(=O)N1CCOCCCOc2cc(F)cc(c2)-c2cnn3ccc1nc23. The zero-order valence-corrected chi connectivity index (χ0v) is 17.8. The van der Waals surface area contributed by atoms with Crippen molar-refractivity contribution in [2.24, 2.45) is 0 Å². The number of benzene rings is 1. The fourth-order valence-corrected chi connectivity index (χ4v) is 3.24. The van der Waals surface area contributed by atoms with Gasteiger partial charge in [-0.1, -0.05) is 0 Å². The van der Waals surface area contributed by atoms with Gasteiger partial charge in [0, 0.05) is 30.9 Å². The van der Waals surface area contributed by atoms with E-state index in [2.05, 4.69) is 10.1 Å². The zero-order valence-electron chi connectivity index (χ0n) is 17.8. The summed E-state index contributed by atoms with van der Waals surface area (Å²) in [7, 11) is 0. The van der Waals surface area contributed by atoms with Crippen LogP contribution in [-0.2, 0) is 9.47 Å². The molecule has 9 heteroatoms. The molecule has 1 aromatic carbocycles. The Balaban J connectivity index is 1.80. The molecular formula is C22H25FN4O4. The number of anilines is 1. The number of aromatic nitrogens is 3. The Bertz CT molecular complexity index is 1090. The largest absolute Gasteiger partial charge is 0.493 e. The molecule has 31 heavy (non-hydrogen) atoms. The third kappa shape index (κ3) is 4.93. The van der Waals surface area contributed by atoms with Crippen molar-refractivity contribution in [2.45, 2.75) is 32.8 Å². The Hall–Kier alpha value is -3.20.